The van der Waals surface area contributed by atoms with E-state index in [2.05, 4.69) is 18.0 Å². The van der Waals surface area contributed by atoms with E-state index in [1.807, 2.05) is 18.2 Å². The average Bonchev–Trinajstić information content (AvgIpc) is 2.29. The Hall–Kier alpha value is -1.48. The maximum atomic E-state index is 10.2. The van der Waals surface area contributed by atoms with Crippen molar-refractivity contribution in [3.05, 3.63) is 29.3 Å². The second-order valence-electron chi connectivity index (χ2n) is 4.16. The van der Waals surface area contributed by atoms with E-state index in [4.69, 9.17) is 5.73 Å². The van der Waals surface area contributed by atoms with Crippen LogP contribution in [0.15, 0.2) is 18.2 Å². The minimum Gasteiger partial charge on any atom is -0.507 e. The van der Waals surface area contributed by atoms with E-state index < -0.39 is 0 Å². The third kappa shape index (κ3) is 1.91. The molecule has 86 valence electrons. The number of nitrogens with zero attached hydrogens (tertiary/aromatic N) is 1. The van der Waals surface area contributed by atoms with Crippen molar-refractivity contribution in [2.75, 3.05) is 25.0 Å². The summed E-state index contributed by atoms with van der Waals surface area (Å²) >= 11 is 0. The summed E-state index contributed by atoms with van der Waals surface area (Å²) in [5.41, 5.74) is 8.48. The highest BCUT2D eigenvalue weighted by Crippen LogP contribution is 2.35. The van der Waals surface area contributed by atoms with E-state index in [0.717, 1.165) is 36.2 Å². The van der Waals surface area contributed by atoms with Crippen LogP contribution in [0.3, 0.4) is 0 Å². The van der Waals surface area contributed by atoms with Crippen LogP contribution in [0.2, 0.25) is 0 Å². The largest absolute Gasteiger partial charge is 0.507 e. The molecule has 0 aromatic heterocycles. The van der Waals surface area contributed by atoms with Crippen molar-refractivity contribution >= 4 is 11.8 Å². The number of rotatable bonds is 2. The molecule has 0 spiro atoms. The third-order valence-corrected chi connectivity index (χ3v) is 3.05. The van der Waals surface area contributed by atoms with Gasteiger partial charge in [-0.15, -0.1) is 0 Å². The van der Waals surface area contributed by atoms with E-state index in [1.54, 1.807) is 0 Å². The van der Waals surface area contributed by atoms with Crippen molar-refractivity contribution in [2.45, 2.75) is 12.8 Å². The Labute approximate surface area is 96.2 Å². The Morgan fingerprint density at radius 2 is 2.31 bits per heavy atom. The Bertz CT molecular complexity index is 413. The van der Waals surface area contributed by atoms with Crippen molar-refractivity contribution in [2.24, 2.45) is 5.73 Å². The summed E-state index contributed by atoms with van der Waals surface area (Å²) in [4.78, 5) is 2.19. The summed E-state index contributed by atoms with van der Waals surface area (Å²) < 4.78 is 0. The summed E-state index contributed by atoms with van der Waals surface area (Å²) in [6.45, 7) is 1.56. The summed E-state index contributed by atoms with van der Waals surface area (Å²) in [7, 11) is 2.06. The van der Waals surface area contributed by atoms with Gasteiger partial charge in [-0.3, -0.25) is 0 Å². The predicted molar refractivity (Wildman–Crippen MR) is 67.8 cm³/mol. The first-order valence-electron chi connectivity index (χ1n) is 5.66. The molecule has 0 saturated carbocycles. The molecule has 3 nitrogen and oxygen atoms in total. The number of hydrogen-bond acceptors (Lipinski definition) is 3. The summed E-state index contributed by atoms with van der Waals surface area (Å²) in [5.74, 6) is 0.411. The molecule has 16 heavy (non-hydrogen) atoms. The topological polar surface area (TPSA) is 49.5 Å². The molecule has 3 N–H and O–H groups in total. The van der Waals surface area contributed by atoms with Crippen LogP contribution >= 0.6 is 0 Å². The molecular formula is C13H18N2O. The van der Waals surface area contributed by atoms with Gasteiger partial charge in [-0.05, 0) is 25.0 Å². The van der Waals surface area contributed by atoms with Crippen molar-refractivity contribution in [1.29, 1.82) is 0 Å². The maximum Gasteiger partial charge on any atom is 0.128 e. The molecule has 2 rings (SSSR count). The fourth-order valence-electron chi connectivity index (χ4n) is 2.19. The quantitative estimate of drug-likeness (QED) is 0.795. The van der Waals surface area contributed by atoms with Crippen LogP contribution in [0, 0.1) is 0 Å². The lowest BCUT2D eigenvalue weighted by Gasteiger charge is -2.28. The highest BCUT2D eigenvalue weighted by Gasteiger charge is 2.18. The molecule has 0 saturated heterocycles. The summed E-state index contributed by atoms with van der Waals surface area (Å²) in [5, 5.41) is 10.2. The number of fused-ring (bicyclic) bond motifs is 1. The highest BCUT2D eigenvalue weighted by atomic mass is 16.3. The zero-order valence-corrected chi connectivity index (χ0v) is 9.61. The fourth-order valence-corrected chi connectivity index (χ4v) is 2.19. The second-order valence-corrected chi connectivity index (χ2v) is 4.16. The first kappa shape index (κ1) is 11.0. The molecule has 1 aliphatic rings. The van der Waals surface area contributed by atoms with Gasteiger partial charge in [0.2, 0.25) is 0 Å². The number of nitrogens with two attached hydrogens (primary N) is 1. The number of aromatic hydroxyl groups is 1. The van der Waals surface area contributed by atoms with Gasteiger partial charge < -0.3 is 15.7 Å². The van der Waals surface area contributed by atoms with Crippen LogP contribution in [-0.2, 0) is 6.42 Å². The van der Waals surface area contributed by atoms with E-state index >= 15 is 0 Å². The van der Waals surface area contributed by atoms with Gasteiger partial charge in [0.25, 0.3) is 0 Å². The number of anilines is 1. The molecule has 1 aliphatic heterocycles. The molecule has 1 aromatic carbocycles. The van der Waals surface area contributed by atoms with Crippen molar-refractivity contribution in [3.8, 4) is 5.75 Å². The Morgan fingerprint density at radius 3 is 3.06 bits per heavy atom. The van der Waals surface area contributed by atoms with Crippen molar-refractivity contribution in [3.63, 3.8) is 0 Å². The van der Waals surface area contributed by atoms with Crippen molar-refractivity contribution < 1.29 is 5.11 Å². The highest BCUT2D eigenvalue weighted by molar-refractivity contribution is 5.69. The lowest BCUT2D eigenvalue weighted by molar-refractivity contribution is 0.464. The smallest absolute Gasteiger partial charge is 0.128 e. The molecule has 0 amide bonds. The minimum atomic E-state index is 0.411. The number of hydrogen-bond donors (Lipinski definition) is 2. The van der Waals surface area contributed by atoms with Crippen LogP contribution in [0.4, 0.5) is 5.69 Å². The molecule has 0 fully saturated rings. The maximum absolute atomic E-state index is 10.2. The van der Waals surface area contributed by atoms with Gasteiger partial charge in [-0.25, -0.2) is 0 Å². The van der Waals surface area contributed by atoms with Crippen LogP contribution in [0.1, 0.15) is 17.5 Å². The molecule has 0 aliphatic carbocycles. The Balaban J connectivity index is 2.42. The van der Waals surface area contributed by atoms with E-state index in [0.29, 0.717) is 12.3 Å². The van der Waals surface area contributed by atoms with E-state index in [1.165, 1.54) is 0 Å². The number of phenols is 1. The van der Waals surface area contributed by atoms with E-state index in [-0.39, 0.29) is 0 Å². The average molecular weight is 218 g/mol. The number of phenolic OH excluding ortho intramolecular Hbond substituents is 1. The molecule has 1 aromatic rings. The van der Waals surface area contributed by atoms with Crippen LogP contribution in [-0.4, -0.2) is 25.2 Å². The van der Waals surface area contributed by atoms with Crippen molar-refractivity contribution in [1.82, 2.24) is 0 Å². The zero-order chi connectivity index (χ0) is 11.5. The first-order chi connectivity index (χ1) is 7.74. The molecule has 0 atom stereocenters. The Kier molecular flexibility index (Phi) is 3.15. The third-order valence-electron chi connectivity index (χ3n) is 3.05. The summed E-state index contributed by atoms with van der Waals surface area (Å²) in [6, 6.07) is 4.02. The van der Waals surface area contributed by atoms with Gasteiger partial charge >= 0.3 is 0 Å². The molecule has 1 heterocycles. The predicted octanol–water partition coefficient (Wildman–Crippen LogP) is 1.75. The monoisotopic (exact) mass is 218 g/mol. The van der Waals surface area contributed by atoms with Gasteiger partial charge in [0, 0.05) is 37.0 Å². The summed E-state index contributed by atoms with van der Waals surface area (Å²) in [6.07, 6.45) is 5.79. The zero-order valence-electron chi connectivity index (χ0n) is 9.61. The Morgan fingerprint density at radius 1 is 1.50 bits per heavy atom. The fraction of sp³-hybridized carbons (Fsp3) is 0.385. The van der Waals surface area contributed by atoms with Gasteiger partial charge in [-0.1, -0.05) is 12.2 Å². The lowest BCUT2D eigenvalue weighted by Crippen LogP contribution is -2.24. The molecule has 0 bridgehead atoms. The van der Waals surface area contributed by atoms with Crippen LogP contribution in [0.25, 0.3) is 6.08 Å². The van der Waals surface area contributed by atoms with Gasteiger partial charge in [0.1, 0.15) is 5.75 Å². The molecule has 0 radical (unpaired) electrons. The van der Waals surface area contributed by atoms with Gasteiger partial charge in [0.05, 0.1) is 0 Å². The molecular weight excluding hydrogens is 200 g/mol. The van der Waals surface area contributed by atoms with Gasteiger partial charge in [-0.2, -0.15) is 0 Å². The SMILES string of the molecule is CN1CCCc2c1ccc(/C=C/CN)c2O. The molecule has 0 unspecified atom stereocenters. The number of benzene rings is 1. The standard InChI is InChI=1S/C13H18N2O/c1-15-9-3-5-11-12(15)7-6-10(13(11)16)4-2-8-14/h2,4,6-7,16H,3,5,8-9,14H2,1H3/b4-2+. The van der Waals surface area contributed by atoms with E-state index in [9.17, 15) is 5.11 Å². The molecule has 3 heteroatoms. The first-order valence-corrected chi connectivity index (χ1v) is 5.66. The minimum absolute atomic E-state index is 0.411. The lowest BCUT2D eigenvalue weighted by atomic mass is 9.98. The second kappa shape index (κ2) is 4.58. The normalized spacial score (nSPS) is 15.5. The van der Waals surface area contributed by atoms with Gasteiger partial charge in [0.15, 0.2) is 0 Å². The van der Waals surface area contributed by atoms with Crippen LogP contribution < -0.4 is 10.6 Å². The van der Waals surface area contributed by atoms with Crippen LogP contribution in [0.5, 0.6) is 5.75 Å².